The van der Waals surface area contributed by atoms with Crippen LogP contribution in [0.4, 0.5) is 11.5 Å². The molecule has 0 saturated carbocycles. The standard InChI is InChI=1S/C10H10N4O3/c11-4-3-10(15)6-13(7-10)9-8(14(16)17)2-1-5-12-9/h1-2,5,15H,3,6-7H2. The Kier molecular flexibility index (Phi) is 2.65. The Morgan fingerprint density at radius 1 is 1.71 bits per heavy atom. The van der Waals surface area contributed by atoms with Gasteiger partial charge in [-0.2, -0.15) is 5.26 Å². The SMILES string of the molecule is N#CCC1(O)CN(c2ncccc2[N+](=O)[O-])C1. The van der Waals surface area contributed by atoms with Gasteiger partial charge >= 0.3 is 5.69 Å². The molecule has 1 aromatic heterocycles. The van der Waals surface area contributed by atoms with Gasteiger partial charge in [0.25, 0.3) is 0 Å². The third-order valence-corrected chi connectivity index (χ3v) is 2.64. The van der Waals surface area contributed by atoms with E-state index in [-0.39, 0.29) is 31.0 Å². The van der Waals surface area contributed by atoms with E-state index in [2.05, 4.69) is 4.98 Å². The van der Waals surface area contributed by atoms with Crippen molar-refractivity contribution in [3.05, 3.63) is 28.4 Å². The minimum atomic E-state index is -1.07. The van der Waals surface area contributed by atoms with Crippen molar-refractivity contribution in [1.29, 1.82) is 5.26 Å². The lowest BCUT2D eigenvalue weighted by Gasteiger charge is -2.45. The van der Waals surface area contributed by atoms with E-state index < -0.39 is 10.5 Å². The molecule has 17 heavy (non-hydrogen) atoms. The quantitative estimate of drug-likeness (QED) is 0.601. The lowest BCUT2D eigenvalue weighted by Crippen LogP contribution is -2.62. The average molecular weight is 234 g/mol. The average Bonchev–Trinajstić information content (AvgIpc) is 2.26. The molecule has 0 bridgehead atoms. The lowest BCUT2D eigenvalue weighted by atomic mass is 9.91. The number of pyridine rings is 1. The van der Waals surface area contributed by atoms with E-state index in [0.717, 1.165) is 0 Å². The van der Waals surface area contributed by atoms with Crippen molar-refractivity contribution in [1.82, 2.24) is 4.98 Å². The first-order valence-electron chi connectivity index (χ1n) is 4.99. The number of nitro groups is 1. The van der Waals surface area contributed by atoms with Crippen LogP contribution in [0.5, 0.6) is 0 Å². The monoisotopic (exact) mass is 234 g/mol. The van der Waals surface area contributed by atoms with Crippen LogP contribution in [0.2, 0.25) is 0 Å². The topological polar surface area (TPSA) is 103 Å². The third-order valence-electron chi connectivity index (χ3n) is 2.64. The first kappa shape index (κ1) is 11.3. The molecule has 2 rings (SSSR count). The Balaban J connectivity index is 2.17. The maximum Gasteiger partial charge on any atom is 0.311 e. The third kappa shape index (κ3) is 2.03. The van der Waals surface area contributed by atoms with Gasteiger partial charge in [0.1, 0.15) is 5.60 Å². The summed E-state index contributed by atoms with van der Waals surface area (Å²) in [6, 6.07) is 4.74. The minimum absolute atomic E-state index is 0.0180. The van der Waals surface area contributed by atoms with E-state index in [1.807, 2.05) is 6.07 Å². The minimum Gasteiger partial charge on any atom is -0.385 e. The van der Waals surface area contributed by atoms with Crippen molar-refractivity contribution < 1.29 is 10.0 Å². The zero-order chi connectivity index (χ0) is 12.5. The zero-order valence-electron chi connectivity index (χ0n) is 8.91. The number of hydrogen-bond donors (Lipinski definition) is 1. The fourth-order valence-corrected chi connectivity index (χ4v) is 1.85. The second-order valence-corrected chi connectivity index (χ2v) is 4.02. The molecule has 1 aliphatic rings. The van der Waals surface area contributed by atoms with Gasteiger partial charge in [-0.05, 0) is 6.07 Å². The highest BCUT2D eigenvalue weighted by Crippen LogP contribution is 2.33. The Bertz CT molecular complexity index is 491. The highest BCUT2D eigenvalue weighted by atomic mass is 16.6. The number of β-amino-alcohol motifs (C(OH)–C–C–N with tert-alkyl or cyclic N) is 1. The van der Waals surface area contributed by atoms with E-state index >= 15 is 0 Å². The lowest BCUT2D eigenvalue weighted by molar-refractivity contribution is -0.384. The Morgan fingerprint density at radius 3 is 3.00 bits per heavy atom. The molecule has 0 radical (unpaired) electrons. The van der Waals surface area contributed by atoms with Crippen LogP contribution in [0.25, 0.3) is 0 Å². The highest BCUT2D eigenvalue weighted by molar-refractivity contribution is 5.59. The first-order valence-corrected chi connectivity index (χ1v) is 4.99. The molecule has 1 aliphatic heterocycles. The van der Waals surface area contributed by atoms with Crippen LogP contribution in [0.15, 0.2) is 18.3 Å². The van der Waals surface area contributed by atoms with Gasteiger partial charge in [-0.25, -0.2) is 4.98 Å². The Labute approximate surface area is 97.1 Å². The molecule has 0 spiro atoms. The fourth-order valence-electron chi connectivity index (χ4n) is 1.85. The predicted octanol–water partition coefficient (Wildman–Crippen LogP) is 0.455. The molecule has 0 aromatic carbocycles. The van der Waals surface area contributed by atoms with Crippen molar-refractivity contribution in [2.75, 3.05) is 18.0 Å². The largest absolute Gasteiger partial charge is 0.385 e. The van der Waals surface area contributed by atoms with Crippen molar-refractivity contribution >= 4 is 11.5 Å². The highest BCUT2D eigenvalue weighted by Gasteiger charge is 2.43. The molecular formula is C10H10N4O3. The summed E-state index contributed by atoms with van der Waals surface area (Å²) in [6.07, 6.45) is 1.48. The normalized spacial score (nSPS) is 17.1. The Morgan fingerprint density at radius 2 is 2.41 bits per heavy atom. The summed E-state index contributed by atoms with van der Waals surface area (Å²) in [7, 11) is 0. The van der Waals surface area contributed by atoms with Crippen LogP contribution in [-0.4, -0.2) is 33.7 Å². The number of hydrogen-bond acceptors (Lipinski definition) is 6. The van der Waals surface area contributed by atoms with Crippen LogP contribution >= 0.6 is 0 Å². The smallest absolute Gasteiger partial charge is 0.311 e. The summed E-state index contributed by atoms with van der Waals surface area (Å²) in [6.45, 7) is 0.386. The zero-order valence-corrected chi connectivity index (χ0v) is 8.91. The number of aromatic nitrogens is 1. The molecule has 1 fully saturated rings. The van der Waals surface area contributed by atoms with Crippen LogP contribution in [0, 0.1) is 21.4 Å². The van der Waals surface area contributed by atoms with Crippen LogP contribution in [0.1, 0.15) is 6.42 Å². The van der Waals surface area contributed by atoms with E-state index in [9.17, 15) is 15.2 Å². The van der Waals surface area contributed by atoms with E-state index in [0.29, 0.717) is 0 Å². The molecule has 0 amide bonds. The van der Waals surface area contributed by atoms with Gasteiger partial charge in [0.05, 0.1) is 30.5 Å². The summed E-state index contributed by atoms with van der Waals surface area (Å²) in [4.78, 5) is 15.8. The maximum atomic E-state index is 10.8. The molecule has 1 N–H and O–H groups in total. The summed E-state index contributed by atoms with van der Waals surface area (Å²) in [5, 5.41) is 29.1. The molecular weight excluding hydrogens is 224 g/mol. The molecule has 2 heterocycles. The number of rotatable bonds is 3. The van der Waals surface area contributed by atoms with E-state index in [1.54, 1.807) is 4.90 Å². The molecule has 0 atom stereocenters. The fraction of sp³-hybridized carbons (Fsp3) is 0.400. The van der Waals surface area contributed by atoms with Crippen molar-refractivity contribution in [2.24, 2.45) is 0 Å². The van der Waals surface area contributed by atoms with Crippen LogP contribution < -0.4 is 4.90 Å². The van der Waals surface area contributed by atoms with Gasteiger partial charge in [-0.15, -0.1) is 0 Å². The van der Waals surface area contributed by atoms with Crippen molar-refractivity contribution in [3.63, 3.8) is 0 Å². The van der Waals surface area contributed by atoms with E-state index in [4.69, 9.17) is 5.26 Å². The van der Waals surface area contributed by atoms with Gasteiger partial charge in [-0.1, -0.05) is 0 Å². The summed E-state index contributed by atoms with van der Waals surface area (Å²) < 4.78 is 0. The van der Waals surface area contributed by atoms with Crippen LogP contribution in [-0.2, 0) is 0 Å². The Hall–Kier alpha value is -2.20. The number of nitriles is 1. The molecule has 1 aromatic rings. The van der Waals surface area contributed by atoms with Crippen molar-refractivity contribution in [3.8, 4) is 6.07 Å². The summed E-state index contributed by atoms with van der Waals surface area (Å²) in [5.41, 5.74) is -1.16. The molecule has 88 valence electrons. The first-order chi connectivity index (χ1) is 8.06. The molecule has 0 unspecified atom stereocenters. The van der Waals surface area contributed by atoms with Gasteiger partial charge < -0.3 is 10.0 Å². The van der Waals surface area contributed by atoms with Gasteiger partial charge in [-0.3, -0.25) is 10.1 Å². The molecule has 0 aliphatic carbocycles. The number of aliphatic hydroxyl groups is 1. The summed E-state index contributed by atoms with van der Waals surface area (Å²) >= 11 is 0. The van der Waals surface area contributed by atoms with Gasteiger partial charge in [0.15, 0.2) is 0 Å². The molecule has 7 nitrogen and oxygen atoms in total. The van der Waals surface area contributed by atoms with E-state index in [1.165, 1.54) is 18.3 Å². The maximum absolute atomic E-state index is 10.8. The summed E-state index contributed by atoms with van der Waals surface area (Å²) in [5.74, 6) is 0.236. The molecule has 7 heteroatoms. The number of anilines is 1. The van der Waals surface area contributed by atoms with Crippen LogP contribution in [0.3, 0.4) is 0 Å². The number of nitrogens with zero attached hydrogens (tertiary/aromatic N) is 4. The van der Waals surface area contributed by atoms with Gasteiger partial charge in [0, 0.05) is 12.3 Å². The molecule has 1 saturated heterocycles. The second-order valence-electron chi connectivity index (χ2n) is 4.02. The predicted molar refractivity (Wildman–Crippen MR) is 58.3 cm³/mol. The van der Waals surface area contributed by atoms with Crippen molar-refractivity contribution in [2.45, 2.75) is 12.0 Å². The van der Waals surface area contributed by atoms with Gasteiger partial charge in [0.2, 0.25) is 5.82 Å². The second kappa shape index (κ2) is 3.99.